The average molecular weight is 398 g/mol. The molecule has 0 bridgehead atoms. The van der Waals surface area contributed by atoms with Crippen LogP contribution < -0.4 is 0 Å². The first-order valence-electron chi connectivity index (χ1n) is 11.1. The van der Waals surface area contributed by atoms with Crippen LogP contribution in [0, 0.1) is 11.8 Å². The molecule has 0 spiro atoms. The summed E-state index contributed by atoms with van der Waals surface area (Å²) in [7, 11) is 2.15. The maximum Gasteiger partial charge on any atom is 0.143 e. The van der Waals surface area contributed by atoms with E-state index in [4.69, 9.17) is 9.62 Å². The van der Waals surface area contributed by atoms with Gasteiger partial charge in [-0.1, -0.05) is 72.7 Å². The Morgan fingerprint density at radius 1 is 1.00 bits per heavy atom. The summed E-state index contributed by atoms with van der Waals surface area (Å²) < 4.78 is 5.72. The zero-order valence-electron chi connectivity index (χ0n) is 17.5. The van der Waals surface area contributed by atoms with Crippen LogP contribution in [0.2, 0.25) is 0 Å². The number of aromatic nitrogens is 1. The molecular weight excluding hydrogens is 370 g/mol. The van der Waals surface area contributed by atoms with E-state index in [1.54, 1.807) is 0 Å². The van der Waals surface area contributed by atoms with Crippen molar-refractivity contribution >= 4 is 5.71 Å². The lowest BCUT2D eigenvalue weighted by Gasteiger charge is -2.51. The Morgan fingerprint density at radius 3 is 2.50 bits per heavy atom. The SMILES string of the molecule is C[C@@H]1c2oncc2C[C@]2(c3ccccc3)C3=NN(C)[C@@H](c4ccccc4)[C@H]3CC[C@@H]12. The molecule has 0 N–H and O–H groups in total. The number of nitrogens with zero attached hydrogens (tertiary/aromatic N) is 3. The lowest BCUT2D eigenvalue weighted by atomic mass is 9.50. The first-order valence-corrected chi connectivity index (χ1v) is 11.1. The Kier molecular flexibility index (Phi) is 3.92. The van der Waals surface area contributed by atoms with Gasteiger partial charge in [-0.3, -0.25) is 5.01 Å². The minimum absolute atomic E-state index is 0.0973. The van der Waals surface area contributed by atoms with E-state index in [1.165, 1.54) is 28.8 Å². The molecular formula is C26H27N3O. The van der Waals surface area contributed by atoms with E-state index < -0.39 is 0 Å². The Balaban J connectivity index is 1.54. The van der Waals surface area contributed by atoms with E-state index >= 15 is 0 Å². The molecule has 3 aliphatic rings. The molecule has 30 heavy (non-hydrogen) atoms. The lowest BCUT2D eigenvalue weighted by Crippen LogP contribution is -2.54. The number of benzene rings is 2. The average Bonchev–Trinajstić information content (AvgIpc) is 3.39. The molecule has 1 saturated carbocycles. The largest absolute Gasteiger partial charge is 0.361 e. The predicted octanol–water partition coefficient (Wildman–Crippen LogP) is 5.34. The lowest BCUT2D eigenvalue weighted by molar-refractivity contribution is 0.176. The fraction of sp³-hybridized carbons (Fsp3) is 0.385. The fourth-order valence-electron chi connectivity index (χ4n) is 6.68. The van der Waals surface area contributed by atoms with Gasteiger partial charge in [-0.2, -0.15) is 5.10 Å². The summed E-state index contributed by atoms with van der Waals surface area (Å²) in [6.45, 7) is 2.32. The van der Waals surface area contributed by atoms with Gasteiger partial charge >= 0.3 is 0 Å². The summed E-state index contributed by atoms with van der Waals surface area (Å²) >= 11 is 0. The second kappa shape index (κ2) is 6.56. The fourth-order valence-corrected chi connectivity index (χ4v) is 6.68. The first-order chi connectivity index (χ1) is 14.7. The van der Waals surface area contributed by atoms with E-state index in [0.29, 0.717) is 23.8 Å². The number of hydrogen-bond acceptors (Lipinski definition) is 4. The van der Waals surface area contributed by atoms with Gasteiger partial charge in [0.05, 0.1) is 18.0 Å². The zero-order valence-corrected chi connectivity index (χ0v) is 17.5. The van der Waals surface area contributed by atoms with Gasteiger partial charge in [0.1, 0.15) is 5.76 Å². The highest BCUT2D eigenvalue weighted by Gasteiger charge is 2.59. The molecule has 4 heteroatoms. The molecule has 1 aliphatic heterocycles. The van der Waals surface area contributed by atoms with Crippen molar-refractivity contribution in [2.75, 3.05) is 7.05 Å². The molecule has 0 amide bonds. The van der Waals surface area contributed by atoms with Gasteiger partial charge in [0.2, 0.25) is 0 Å². The Labute approximate surface area is 177 Å². The van der Waals surface area contributed by atoms with Crippen molar-refractivity contribution in [2.45, 2.75) is 43.6 Å². The summed E-state index contributed by atoms with van der Waals surface area (Å²) in [5.74, 6) is 2.32. The molecule has 4 nitrogen and oxygen atoms in total. The van der Waals surface area contributed by atoms with E-state index in [0.717, 1.165) is 18.6 Å². The smallest absolute Gasteiger partial charge is 0.143 e. The van der Waals surface area contributed by atoms with Crippen LogP contribution in [0.4, 0.5) is 0 Å². The molecule has 0 saturated heterocycles. The van der Waals surface area contributed by atoms with Crippen LogP contribution >= 0.6 is 0 Å². The van der Waals surface area contributed by atoms with Crippen LogP contribution in [0.5, 0.6) is 0 Å². The van der Waals surface area contributed by atoms with E-state index in [2.05, 4.69) is 84.8 Å². The van der Waals surface area contributed by atoms with Crippen molar-refractivity contribution < 1.29 is 4.52 Å². The first kappa shape index (κ1) is 17.9. The summed E-state index contributed by atoms with van der Waals surface area (Å²) in [5, 5.41) is 11.7. The highest BCUT2D eigenvalue weighted by Crippen LogP contribution is 2.59. The zero-order chi connectivity index (χ0) is 20.3. The number of hydrogen-bond donors (Lipinski definition) is 0. The van der Waals surface area contributed by atoms with Gasteiger partial charge in [0, 0.05) is 29.9 Å². The van der Waals surface area contributed by atoms with Crippen LogP contribution in [0.3, 0.4) is 0 Å². The Hall–Kier alpha value is -2.88. The van der Waals surface area contributed by atoms with Gasteiger partial charge in [-0.15, -0.1) is 0 Å². The third-order valence-electron chi connectivity index (χ3n) is 7.87. The molecule has 1 fully saturated rings. The van der Waals surface area contributed by atoms with Crippen molar-refractivity contribution in [3.05, 3.63) is 89.3 Å². The quantitative estimate of drug-likeness (QED) is 0.586. The molecule has 5 atom stereocenters. The molecule has 3 aromatic rings. The molecule has 152 valence electrons. The maximum absolute atomic E-state index is 5.72. The normalized spacial score (nSPS) is 32.2. The van der Waals surface area contributed by atoms with Crippen molar-refractivity contribution in [3.63, 3.8) is 0 Å². The van der Waals surface area contributed by atoms with Crippen LogP contribution in [-0.2, 0) is 11.8 Å². The summed E-state index contributed by atoms with van der Waals surface area (Å²) in [4.78, 5) is 0. The third kappa shape index (κ3) is 2.33. The molecule has 0 unspecified atom stereocenters. The maximum atomic E-state index is 5.72. The topological polar surface area (TPSA) is 41.6 Å². The van der Waals surface area contributed by atoms with Crippen molar-refractivity contribution in [1.82, 2.24) is 10.2 Å². The minimum Gasteiger partial charge on any atom is -0.361 e. The van der Waals surface area contributed by atoms with E-state index in [1.807, 2.05) is 6.20 Å². The molecule has 0 radical (unpaired) electrons. The monoisotopic (exact) mass is 397 g/mol. The highest BCUT2D eigenvalue weighted by molar-refractivity contribution is 6.00. The second-order valence-corrected chi connectivity index (χ2v) is 9.22. The predicted molar refractivity (Wildman–Crippen MR) is 117 cm³/mol. The van der Waals surface area contributed by atoms with Crippen LogP contribution in [0.25, 0.3) is 0 Å². The van der Waals surface area contributed by atoms with Crippen LogP contribution in [0.15, 0.2) is 76.5 Å². The molecule has 1 aromatic heterocycles. The number of hydrazone groups is 1. The summed E-state index contributed by atoms with van der Waals surface area (Å²) in [5.41, 5.74) is 5.26. The van der Waals surface area contributed by atoms with Crippen molar-refractivity contribution in [2.24, 2.45) is 16.9 Å². The van der Waals surface area contributed by atoms with Crippen molar-refractivity contribution in [3.8, 4) is 0 Å². The van der Waals surface area contributed by atoms with E-state index in [9.17, 15) is 0 Å². The summed E-state index contributed by atoms with van der Waals surface area (Å²) in [6.07, 6.45) is 5.20. The standard InChI is InChI=1S/C26H27N3O/c1-17-22-14-13-21-23(18-9-5-3-6-10-18)29(2)28-25(21)26(22,20-11-7-4-8-12-20)15-19-16-27-30-24(17)19/h3-12,16-17,21-23H,13-15H2,1-2H3/t17-,21+,22-,23-,26+/m0/s1. The van der Waals surface area contributed by atoms with Crippen molar-refractivity contribution in [1.29, 1.82) is 0 Å². The van der Waals surface area contributed by atoms with Gasteiger partial charge in [0.15, 0.2) is 0 Å². The van der Waals surface area contributed by atoms with Crippen LogP contribution in [0.1, 0.15) is 54.2 Å². The minimum atomic E-state index is -0.0973. The molecule has 2 aromatic carbocycles. The Bertz CT molecular complexity index is 1090. The van der Waals surface area contributed by atoms with Gasteiger partial charge in [-0.05, 0) is 36.3 Å². The highest BCUT2D eigenvalue weighted by atomic mass is 16.5. The second-order valence-electron chi connectivity index (χ2n) is 9.22. The number of fused-ring (bicyclic) bond motifs is 4. The summed E-state index contributed by atoms with van der Waals surface area (Å²) in [6, 6.07) is 22.3. The molecule has 2 heterocycles. The van der Waals surface area contributed by atoms with Crippen LogP contribution in [-0.4, -0.2) is 22.9 Å². The Morgan fingerprint density at radius 2 is 1.73 bits per heavy atom. The van der Waals surface area contributed by atoms with E-state index in [-0.39, 0.29) is 5.41 Å². The van der Waals surface area contributed by atoms with Gasteiger partial charge < -0.3 is 4.52 Å². The third-order valence-corrected chi connectivity index (χ3v) is 7.87. The number of rotatable bonds is 2. The van der Waals surface area contributed by atoms with Gasteiger partial charge in [-0.25, -0.2) is 0 Å². The molecule has 2 aliphatic carbocycles. The molecule has 6 rings (SSSR count). The van der Waals surface area contributed by atoms with Gasteiger partial charge in [0.25, 0.3) is 0 Å².